The second-order valence-electron chi connectivity index (χ2n) is 3.50. The lowest BCUT2D eigenvalue weighted by Crippen LogP contribution is -2.04. The van der Waals surface area contributed by atoms with Gasteiger partial charge in [0.15, 0.2) is 5.69 Å². The molecule has 0 aliphatic carbocycles. The van der Waals surface area contributed by atoms with Gasteiger partial charge in [-0.15, -0.1) is 0 Å². The SMILES string of the molecule is CC.COC(=O)c1cc(Cl)c2cc(C)ccc2n1. The molecule has 0 unspecified atom stereocenters. The van der Waals surface area contributed by atoms with Crippen molar-refractivity contribution in [3.63, 3.8) is 0 Å². The van der Waals surface area contributed by atoms with Gasteiger partial charge in [-0.05, 0) is 25.1 Å². The van der Waals surface area contributed by atoms with Gasteiger partial charge in [-0.1, -0.05) is 37.1 Å². The van der Waals surface area contributed by atoms with Crippen molar-refractivity contribution in [2.75, 3.05) is 7.11 Å². The van der Waals surface area contributed by atoms with Crippen molar-refractivity contribution >= 4 is 28.5 Å². The molecule has 0 spiro atoms. The number of hydrogen-bond donors (Lipinski definition) is 0. The zero-order valence-corrected chi connectivity index (χ0v) is 11.7. The molecule has 1 aromatic heterocycles. The lowest BCUT2D eigenvalue weighted by atomic mass is 10.1. The normalized spacial score (nSPS) is 9.61. The number of nitrogens with zero attached hydrogens (tertiary/aromatic N) is 1. The number of methoxy groups -OCH3 is 1. The van der Waals surface area contributed by atoms with Crippen molar-refractivity contribution < 1.29 is 9.53 Å². The number of esters is 1. The number of halogens is 1. The van der Waals surface area contributed by atoms with Crippen LogP contribution >= 0.6 is 11.6 Å². The highest BCUT2D eigenvalue weighted by Gasteiger charge is 2.11. The van der Waals surface area contributed by atoms with E-state index in [4.69, 9.17) is 11.6 Å². The van der Waals surface area contributed by atoms with E-state index in [9.17, 15) is 4.79 Å². The van der Waals surface area contributed by atoms with Crippen LogP contribution in [-0.2, 0) is 4.74 Å². The first kappa shape index (κ1) is 14.5. The Balaban J connectivity index is 0.000000771. The van der Waals surface area contributed by atoms with Gasteiger partial charge in [0.25, 0.3) is 0 Å². The van der Waals surface area contributed by atoms with Crippen molar-refractivity contribution in [3.05, 3.63) is 40.5 Å². The number of rotatable bonds is 1. The molecule has 0 saturated carbocycles. The predicted molar refractivity (Wildman–Crippen MR) is 74.2 cm³/mol. The van der Waals surface area contributed by atoms with Crippen molar-refractivity contribution in [1.29, 1.82) is 0 Å². The molecular weight excluding hydrogens is 250 g/mol. The summed E-state index contributed by atoms with van der Waals surface area (Å²) in [7, 11) is 1.32. The first-order chi connectivity index (χ1) is 8.61. The molecule has 96 valence electrons. The van der Waals surface area contributed by atoms with E-state index in [0.29, 0.717) is 10.5 Å². The molecule has 1 heterocycles. The highest BCUT2D eigenvalue weighted by molar-refractivity contribution is 6.35. The number of ether oxygens (including phenoxy) is 1. The van der Waals surface area contributed by atoms with Gasteiger partial charge in [0.05, 0.1) is 17.6 Å². The van der Waals surface area contributed by atoms with E-state index in [0.717, 1.165) is 10.9 Å². The predicted octanol–water partition coefficient (Wildman–Crippen LogP) is 4.01. The minimum Gasteiger partial charge on any atom is -0.464 e. The summed E-state index contributed by atoms with van der Waals surface area (Å²) < 4.78 is 4.60. The summed E-state index contributed by atoms with van der Waals surface area (Å²) in [5.41, 5.74) is 2.02. The Hall–Kier alpha value is -1.61. The summed E-state index contributed by atoms with van der Waals surface area (Å²) in [6.45, 7) is 5.98. The largest absolute Gasteiger partial charge is 0.464 e. The van der Waals surface area contributed by atoms with E-state index in [2.05, 4.69) is 9.72 Å². The van der Waals surface area contributed by atoms with Gasteiger partial charge >= 0.3 is 5.97 Å². The third-order valence-electron chi connectivity index (χ3n) is 2.31. The maximum atomic E-state index is 11.3. The van der Waals surface area contributed by atoms with Crippen molar-refractivity contribution in [2.45, 2.75) is 20.8 Å². The van der Waals surface area contributed by atoms with Gasteiger partial charge in [0.2, 0.25) is 0 Å². The Morgan fingerprint density at radius 3 is 2.56 bits per heavy atom. The fourth-order valence-electron chi connectivity index (χ4n) is 1.51. The molecule has 0 aliphatic heterocycles. The third kappa shape index (κ3) is 2.99. The zero-order valence-electron chi connectivity index (χ0n) is 11.0. The van der Waals surface area contributed by atoms with Gasteiger partial charge in [0, 0.05) is 5.39 Å². The molecule has 0 amide bonds. The molecule has 0 bridgehead atoms. The Morgan fingerprint density at radius 2 is 1.94 bits per heavy atom. The van der Waals surface area contributed by atoms with Crippen LogP contribution in [0.1, 0.15) is 29.9 Å². The molecule has 3 nitrogen and oxygen atoms in total. The number of aryl methyl sites for hydroxylation is 1. The van der Waals surface area contributed by atoms with Crippen molar-refractivity contribution in [2.24, 2.45) is 0 Å². The van der Waals surface area contributed by atoms with E-state index < -0.39 is 5.97 Å². The number of fused-ring (bicyclic) bond motifs is 1. The van der Waals surface area contributed by atoms with Gasteiger partial charge in [0.1, 0.15) is 0 Å². The van der Waals surface area contributed by atoms with E-state index in [1.807, 2.05) is 39.0 Å². The summed E-state index contributed by atoms with van der Waals surface area (Å²) in [5.74, 6) is -0.482. The fourth-order valence-corrected chi connectivity index (χ4v) is 1.76. The molecule has 1 aromatic carbocycles. The first-order valence-electron chi connectivity index (χ1n) is 5.77. The number of pyridine rings is 1. The lowest BCUT2D eigenvalue weighted by Gasteiger charge is -2.04. The first-order valence-corrected chi connectivity index (χ1v) is 6.15. The van der Waals surface area contributed by atoms with E-state index in [-0.39, 0.29) is 5.69 Å². The van der Waals surface area contributed by atoms with Crippen LogP contribution in [0.5, 0.6) is 0 Å². The van der Waals surface area contributed by atoms with Crippen LogP contribution in [0.4, 0.5) is 0 Å². The molecule has 0 atom stereocenters. The summed E-state index contributed by atoms with van der Waals surface area (Å²) in [6, 6.07) is 7.22. The minimum atomic E-state index is -0.482. The second-order valence-corrected chi connectivity index (χ2v) is 3.91. The van der Waals surface area contributed by atoms with E-state index in [1.54, 1.807) is 0 Å². The highest BCUT2D eigenvalue weighted by Crippen LogP contribution is 2.24. The Kier molecular flexibility index (Phi) is 5.10. The smallest absolute Gasteiger partial charge is 0.356 e. The number of aromatic nitrogens is 1. The maximum Gasteiger partial charge on any atom is 0.356 e. The molecule has 0 radical (unpaired) electrons. The van der Waals surface area contributed by atoms with Crippen LogP contribution in [0.25, 0.3) is 10.9 Å². The quantitative estimate of drug-likeness (QED) is 0.732. The Labute approximate surface area is 112 Å². The number of carbonyl (C=O) groups excluding carboxylic acids is 1. The molecular formula is C14H16ClNO2. The molecule has 0 saturated heterocycles. The topological polar surface area (TPSA) is 39.2 Å². The van der Waals surface area contributed by atoms with Crippen LogP contribution in [0.2, 0.25) is 5.02 Å². The maximum absolute atomic E-state index is 11.3. The third-order valence-corrected chi connectivity index (χ3v) is 2.62. The number of carbonyl (C=O) groups is 1. The highest BCUT2D eigenvalue weighted by atomic mass is 35.5. The average Bonchev–Trinajstić information content (AvgIpc) is 2.40. The summed E-state index contributed by atoms with van der Waals surface area (Å²) >= 11 is 6.09. The van der Waals surface area contributed by atoms with E-state index in [1.165, 1.54) is 13.2 Å². The summed E-state index contributed by atoms with van der Waals surface area (Å²) in [5, 5.41) is 1.35. The van der Waals surface area contributed by atoms with Crippen LogP contribution in [0, 0.1) is 6.92 Å². The zero-order chi connectivity index (χ0) is 13.7. The molecule has 0 aliphatic rings. The van der Waals surface area contributed by atoms with Crippen LogP contribution in [0.3, 0.4) is 0 Å². The molecule has 4 heteroatoms. The van der Waals surface area contributed by atoms with Gasteiger partial charge in [-0.3, -0.25) is 0 Å². The second kappa shape index (κ2) is 6.36. The number of benzene rings is 1. The standard InChI is InChI=1S/C12H10ClNO2.C2H6/c1-7-3-4-10-8(5-7)9(13)6-11(14-10)12(15)16-2;1-2/h3-6H,1-2H3;1-2H3. The summed E-state index contributed by atoms with van der Waals surface area (Å²) in [6.07, 6.45) is 0. The minimum absolute atomic E-state index is 0.226. The lowest BCUT2D eigenvalue weighted by molar-refractivity contribution is 0.0594. The van der Waals surface area contributed by atoms with Crippen molar-refractivity contribution in [3.8, 4) is 0 Å². The molecule has 0 N–H and O–H groups in total. The summed E-state index contributed by atoms with van der Waals surface area (Å²) in [4.78, 5) is 15.5. The van der Waals surface area contributed by atoms with Crippen LogP contribution < -0.4 is 0 Å². The van der Waals surface area contributed by atoms with Crippen LogP contribution in [0.15, 0.2) is 24.3 Å². The van der Waals surface area contributed by atoms with Gasteiger partial charge < -0.3 is 4.74 Å². The molecule has 18 heavy (non-hydrogen) atoms. The molecule has 2 rings (SSSR count). The molecule has 2 aromatic rings. The van der Waals surface area contributed by atoms with Crippen LogP contribution in [-0.4, -0.2) is 18.1 Å². The number of hydrogen-bond acceptors (Lipinski definition) is 3. The average molecular weight is 266 g/mol. The Bertz CT molecular complexity index is 567. The Morgan fingerprint density at radius 1 is 1.28 bits per heavy atom. The van der Waals surface area contributed by atoms with Gasteiger partial charge in [-0.25, -0.2) is 9.78 Å². The molecule has 0 fully saturated rings. The van der Waals surface area contributed by atoms with E-state index >= 15 is 0 Å². The van der Waals surface area contributed by atoms with Gasteiger partial charge in [-0.2, -0.15) is 0 Å². The fraction of sp³-hybridized carbons (Fsp3) is 0.286. The van der Waals surface area contributed by atoms with Crippen molar-refractivity contribution in [1.82, 2.24) is 4.98 Å². The monoisotopic (exact) mass is 265 g/mol.